The molecule has 0 bridgehead atoms. The van der Waals surface area contributed by atoms with Gasteiger partial charge in [0.2, 0.25) is 0 Å². The minimum atomic E-state index is -0.400. The van der Waals surface area contributed by atoms with Crippen molar-refractivity contribution in [3.05, 3.63) is 29.8 Å². The molecule has 0 unspecified atom stereocenters. The Morgan fingerprint density at radius 3 is 2.28 bits per heavy atom. The zero-order valence-electron chi connectivity index (χ0n) is 15.9. The third-order valence-corrected chi connectivity index (χ3v) is 5.59. The molecular formula is C19H28BNO4. The molecule has 0 aromatic heterocycles. The highest BCUT2D eigenvalue weighted by Crippen LogP contribution is 2.36. The summed E-state index contributed by atoms with van der Waals surface area (Å²) in [6, 6.07) is 7.54. The number of hydrogen-bond acceptors (Lipinski definition) is 4. The molecule has 2 aliphatic rings. The largest absolute Gasteiger partial charge is 0.494 e. The van der Waals surface area contributed by atoms with Crippen LogP contribution in [0.5, 0.6) is 0 Å². The number of carbonyl (C=O) groups is 1. The average Bonchev–Trinajstić information content (AvgIpc) is 3.13. The van der Waals surface area contributed by atoms with E-state index < -0.39 is 7.12 Å². The zero-order chi connectivity index (χ0) is 18.2. The van der Waals surface area contributed by atoms with Crippen molar-refractivity contribution in [3.8, 4) is 0 Å². The summed E-state index contributed by atoms with van der Waals surface area (Å²) in [5.74, 6) is 0.477. The van der Waals surface area contributed by atoms with E-state index in [1.165, 1.54) is 0 Å². The lowest BCUT2D eigenvalue weighted by molar-refractivity contribution is 0.00578. The van der Waals surface area contributed by atoms with E-state index in [-0.39, 0.29) is 17.1 Å². The van der Waals surface area contributed by atoms with E-state index in [0.29, 0.717) is 11.5 Å². The SMILES string of the molecule is CN(C[C@@H]1CCOC1)C(=O)c1ccc(B2OC(C)(C)C(C)(C)O2)cc1. The quantitative estimate of drug-likeness (QED) is 0.784. The molecule has 136 valence electrons. The van der Waals surface area contributed by atoms with Crippen LogP contribution in [0.4, 0.5) is 0 Å². The first kappa shape index (κ1) is 18.4. The van der Waals surface area contributed by atoms with E-state index in [0.717, 1.165) is 31.6 Å². The van der Waals surface area contributed by atoms with E-state index >= 15 is 0 Å². The molecule has 2 aliphatic heterocycles. The molecule has 0 spiro atoms. The van der Waals surface area contributed by atoms with Crippen molar-refractivity contribution in [2.45, 2.75) is 45.3 Å². The highest BCUT2D eigenvalue weighted by atomic mass is 16.7. The molecule has 3 rings (SSSR count). The van der Waals surface area contributed by atoms with Crippen molar-refractivity contribution >= 4 is 18.5 Å². The average molecular weight is 345 g/mol. The Balaban J connectivity index is 1.65. The number of nitrogens with zero attached hydrogens (tertiary/aromatic N) is 1. The van der Waals surface area contributed by atoms with Crippen molar-refractivity contribution in [1.29, 1.82) is 0 Å². The smallest absolute Gasteiger partial charge is 0.399 e. The number of benzene rings is 1. The van der Waals surface area contributed by atoms with Crippen LogP contribution in [0.25, 0.3) is 0 Å². The minimum Gasteiger partial charge on any atom is -0.399 e. The Hall–Kier alpha value is -1.37. The monoisotopic (exact) mass is 345 g/mol. The third kappa shape index (κ3) is 3.76. The van der Waals surface area contributed by atoms with Gasteiger partial charge in [-0.15, -0.1) is 0 Å². The number of carbonyl (C=O) groups excluding carboxylic acids is 1. The predicted octanol–water partition coefficient (Wildman–Crippen LogP) is 2.09. The summed E-state index contributed by atoms with van der Waals surface area (Å²) >= 11 is 0. The first-order chi connectivity index (χ1) is 11.7. The number of hydrogen-bond donors (Lipinski definition) is 0. The second-order valence-electron chi connectivity index (χ2n) is 8.13. The van der Waals surface area contributed by atoms with E-state index in [1.54, 1.807) is 4.90 Å². The molecule has 5 nitrogen and oxygen atoms in total. The third-order valence-electron chi connectivity index (χ3n) is 5.59. The number of ether oxygens (including phenoxy) is 1. The lowest BCUT2D eigenvalue weighted by Crippen LogP contribution is -2.41. The Bertz CT molecular complexity index is 607. The summed E-state index contributed by atoms with van der Waals surface area (Å²) in [6.45, 7) is 10.4. The van der Waals surface area contributed by atoms with Gasteiger partial charge in [0.05, 0.1) is 17.8 Å². The molecular weight excluding hydrogens is 317 g/mol. The maximum Gasteiger partial charge on any atom is 0.494 e. The van der Waals surface area contributed by atoms with Crippen LogP contribution in [-0.2, 0) is 14.0 Å². The van der Waals surface area contributed by atoms with Gasteiger partial charge in [0.1, 0.15) is 0 Å². The second kappa shape index (κ2) is 6.74. The molecule has 2 saturated heterocycles. The lowest BCUT2D eigenvalue weighted by atomic mass is 9.79. The molecule has 1 aromatic carbocycles. The molecule has 0 aliphatic carbocycles. The topological polar surface area (TPSA) is 48.0 Å². The molecule has 1 amide bonds. The molecule has 0 N–H and O–H groups in total. The van der Waals surface area contributed by atoms with Gasteiger partial charge in [-0.25, -0.2) is 0 Å². The Morgan fingerprint density at radius 2 is 1.76 bits per heavy atom. The van der Waals surface area contributed by atoms with Gasteiger partial charge in [-0.1, -0.05) is 12.1 Å². The predicted molar refractivity (Wildman–Crippen MR) is 98.0 cm³/mol. The Morgan fingerprint density at radius 1 is 1.16 bits per heavy atom. The van der Waals surface area contributed by atoms with Crippen LogP contribution in [-0.4, -0.2) is 55.9 Å². The highest BCUT2D eigenvalue weighted by Gasteiger charge is 2.51. The summed E-state index contributed by atoms with van der Waals surface area (Å²) < 4.78 is 17.5. The van der Waals surface area contributed by atoms with Gasteiger partial charge in [-0.2, -0.15) is 0 Å². The van der Waals surface area contributed by atoms with Crippen molar-refractivity contribution in [3.63, 3.8) is 0 Å². The molecule has 2 fully saturated rings. The molecule has 1 atom stereocenters. The summed E-state index contributed by atoms with van der Waals surface area (Å²) in [4.78, 5) is 14.4. The van der Waals surface area contributed by atoms with Crippen LogP contribution in [0.15, 0.2) is 24.3 Å². The van der Waals surface area contributed by atoms with Crippen molar-refractivity contribution in [2.75, 3.05) is 26.8 Å². The van der Waals surface area contributed by atoms with Gasteiger partial charge < -0.3 is 18.9 Å². The van der Waals surface area contributed by atoms with Crippen LogP contribution >= 0.6 is 0 Å². The molecule has 2 heterocycles. The van der Waals surface area contributed by atoms with Crippen LogP contribution in [0.2, 0.25) is 0 Å². The minimum absolute atomic E-state index is 0.0346. The highest BCUT2D eigenvalue weighted by molar-refractivity contribution is 6.62. The fourth-order valence-electron chi connectivity index (χ4n) is 3.18. The Labute approximate surface area is 150 Å². The summed E-state index contributed by atoms with van der Waals surface area (Å²) in [6.07, 6.45) is 1.03. The van der Waals surface area contributed by atoms with E-state index in [9.17, 15) is 4.79 Å². The van der Waals surface area contributed by atoms with Crippen molar-refractivity contribution < 1.29 is 18.8 Å². The lowest BCUT2D eigenvalue weighted by Gasteiger charge is -2.32. The van der Waals surface area contributed by atoms with Gasteiger partial charge in [-0.3, -0.25) is 4.79 Å². The first-order valence-corrected chi connectivity index (χ1v) is 8.98. The standard InChI is InChI=1S/C19H28BNO4/c1-18(2)19(3,4)25-20(24-18)16-8-6-15(7-9-16)17(22)21(5)12-14-10-11-23-13-14/h6-9,14H,10-13H2,1-5H3/t14-/m0/s1. The fraction of sp³-hybridized carbons (Fsp3) is 0.632. The van der Waals surface area contributed by atoms with Crippen LogP contribution in [0, 0.1) is 5.92 Å². The van der Waals surface area contributed by atoms with Crippen LogP contribution < -0.4 is 5.46 Å². The molecule has 25 heavy (non-hydrogen) atoms. The fourth-order valence-corrected chi connectivity index (χ4v) is 3.18. The first-order valence-electron chi connectivity index (χ1n) is 8.98. The van der Waals surface area contributed by atoms with Gasteiger partial charge in [0, 0.05) is 31.7 Å². The van der Waals surface area contributed by atoms with Gasteiger partial charge in [0.25, 0.3) is 5.91 Å². The van der Waals surface area contributed by atoms with E-state index in [1.807, 2.05) is 59.0 Å². The number of rotatable bonds is 4. The molecule has 6 heteroatoms. The van der Waals surface area contributed by atoms with Crippen molar-refractivity contribution in [2.24, 2.45) is 5.92 Å². The van der Waals surface area contributed by atoms with Crippen LogP contribution in [0.1, 0.15) is 44.5 Å². The summed E-state index contributed by atoms with van der Waals surface area (Å²) in [7, 11) is 1.45. The maximum atomic E-state index is 12.6. The van der Waals surface area contributed by atoms with Crippen molar-refractivity contribution in [1.82, 2.24) is 4.90 Å². The number of amides is 1. The molecule has 0 saturated carbocycles. The molecule has 0 radical (unpaired) electrons. The second-order valence-corrected chi connectivity index (χ2v) is 8.13. The normalized spacial score (nSPS) is 24.5. The van der Waals surface area contributed by atoms with Gasteiger partial charge in [0.15, 0.2) is 0 Å². The van der Waals surface area contributed by atoms with E-state index in [4.69, 9.17) is 14.0 Å². The summed E-state index contributed by atoms with van der Waals surface area (Å²) in [5.41, 5.74) is 0.884. The van der Waals surface area contributed by atoms with Gasteiger partial charge in [-0.05, 0) is 51.7 Å². The summed E-state index contributed by atoms with van der Waals surface area (Å²) in [5, 5.41) is 0. The Kier molecular flexibility index (Phi) is 4.97. The van der Waals surface area contributed by atoms with Gasteiger partial charge >= 0.3 is 7.12 Å². The maximum absolute atomic E-state index is 12.6. The van der Waals surface area contributed by atoms with Crippen LogP contribution in [0.3, 0.4) is 0 Å². The zero-order valence-corrected chi connectivity index (χ0v) is 15.9. The van der Waals surface area contributed by atoms with E-state index in [2.05, 4.69) is 0 Å². The molecule has 1 aromatic rings.